The molecule has 4 nitrogen and oxygen atoms in total. The van der Waals surface area contributed by atoms with E-state index >= 15 is 0 Å². The normalized spacial score (nSPS) is 9.00. The van der Waals surface area contributed by atoms with Crippen molar-refractivity contribution in [1.82, 2.24) is 0 Å². The Labute approximate surface area is 152 Å². The zero-order valence-corrected chi connectivity index (χ0v) is 14.8. The third-order valence-electron chi connectivity index (χ3n) is 2.37. The second-order valence-corrected chi connectivity index (χ2v) is 4.65. The van der Waals surface area contributed by atoms with Crippen molar-refractivity contribution >= 4 is 27.9 Å². The number of phenolic OH excluding ortho intramolecular Hbond substituents is 1. The van der Waals surface area contributed by atoms with Gasteiger partial charge in [-0.2, -0.15) is 0 Å². The number of carbonyl (C=O) groups excluding carboxylic acids is 2. The van der Waals surface area contributed by atoms with E-state index in [0.29, 0.717) is 0 Å². The first-order chi connectivity index (χ1) is 9.06. The number of esters is 2. The first-order valence-electron chi connectivity index (χ1n) is 5.37. The number of carbonyl (C=O) groups is 2. The Bertz CT molecular complexity index is 558. The van der Waals surface area contributed by atoms with Crippen LogP contribution in [0, 0.1) is 0 Å². The Morgan fingerprint density at radius 1 is 0.857 bits per heavy atom. The van der Waals surface area contributed by atoms with Gasteiger partial charge in [-0.05, 0) is 48.5 Å². The van der Waals surface area contributed by atoms with Crippen LogP contribution in [0.1, 0.15) is 20.7 Å². The van der Waals surface area contributed by atoms with E-state index in [-0.39, 0.29) is 52.8 Å². The number of rotatable bonds is 2. The van der Waals surface area contributed by atoms with Gasteiger partial charge in [0.15, 0.2) is 0 Å². The monoisotopic (exact) mass is 423 g/mol. The van der Waals surface area contributed by atoms with Crippen LogP contribution >= 0.6 is 15.9 Å². The molecule has 0 saturated heterocycles. The number of aromatic hydroxyl groups is 1. The van der Waals surface area contributed by atoms with Crippen LogP contribution in [0.2, 0.25) is 0 Å². The SMILES string of the molecule is O=C(OC(=O)c1ccc(Br)cc1)c1ccc(O)cc1.[Cr].[V]. The van der Waals surface area contributed by atoms with Crippen molar-refractivity contribution in [1.29, 1.82) is 0 Å². The Balaban J connectivity index is 0.00000200. The molecule has 2 aromatic carbocycles. The van der Waals surface area contributed by atoms with Crippen molar-refractivity contribution in [2.75, 3.05) is 0 Å². The minimum Gasteiger partial charge on any atom is -0.508 e. The first kappa shape index (κ1) is 20.0. The zero-order chi connectivity index (χ0) is 13.8. The van der Waals surface area contributed by atoms with Gasteiger partial charge in [-0.25, -0.2) is 9.59 Å². The molecule has 0 unspecified atom stereocenters. The van der Waals surface area contributed by atoms with Crippen LogP contribution in [-0.4, -0.2) is 17.0 Å². The van der Waals surface area contributed by atoms with Crippen molar-refractivity contribution in [3.63, 3.8) is 0 Å². The summed E-state index contributed by atoms with van der Waals surface area (Å²) in [5, 5.41) is 9.10. The van der Waals surface area contributed by atoms with E-state index in [4.69, 9.17) is 9.84 Å². The van der Waals surface area contributed by atoms with Gasteiger partial charge in [0.25, 0.3) is 0 Å². The van der Waals surface area contributed by atoms with E-state index in [0.717, 1.165) is 4.47 Å². The maximum Gasteiger partial charge on any atom is 0.346 e. The van der Waals surface area contributed by atoms with E-state index in [2.05, 4.69) is 15.9 Å². The Morgan fingerprint density at radius 3 is 1.67 bits per heavy atom. The van der Waals surface area contributed by atoms with Crippen LogP contribution in [0.25, 0.3) is 0 Å². The van der Waals surface area contributed by atoms with Gasteiger partial charge in [0.05, 0.1) is 11.1 Å². The minimum atomic E-state index is -0.757. The van der Waals surface area contributed by atoms with E-state index < -0.39 is 11.9 Å². The molecular weight excluding hydrogens is 415 g/mol. The summed E-state index contributed by atoms with van der Waals surface area (Å²) in [6.45, 7) is 0. The van der Waals surface area contributed by atoms with E-state index in [1.165, 1.54) is 24.3 Å². The molecule has 0 saturated carbocycles. The molecule has 21 heavy (non-hydrogen) atoms. The summed E-state index contributed by atoms with van der Waals surface area (Å²) in [4.78, 5) is 23.4. The molecule has 0 bridgehead atoms. The summed E-state index contributed by atoms with van der Waals surface area (Å²) < 4.78 is 5.56. The maximum absolute atomic E-state index is 11.7. The molecule has 1 radical (unpaired) electrons. The quantitative estimate of drug-likeness (QED) is 0.595. The molecule has 0 aliphatic carbocycles. The van der Waals surface area contributed by atoms with E-state index in [9.17, 15) is 9.59 Å². The predicted octanol–water partition coefficient (Wildman–Crippen LogP) is 3.15. The second-order valence-electron chi connectivity index (χ2n) is 3.73. The summed E-state index contributed by atoms with van der Waals surface area (Å²) in [5.41, 5.74) is 0.485. The molecule has 0 aliphatic heterocycles. The van der Waals surface area contributed by atoms with Gasteiger partial charge in [0, 0.05) is 40.4 Å². The predicted molar refractivity (Wildman–Crippen MR) is 72.0 cm³/mol. The molecule has 0 atom stereocenters. The van der Waals surface area contributed by atoms with Crippen LogP contribution in [0.15, 0.2) is 53.0 Å². The molecule has 0 heterocycles. The van der Waals surface area contributed by atoms with Crippen LogP contribution in [0.3, 0.4) is 0 Å². The topological polar surface area (TPSA) is 63.6 Å². The Hall–Kier alpha value is -1.02. The van der Waals surface area contributed by atoms with Crippen LogP contribution in [-0.2, 0) is 40.7 Å². The number of benzene rings is 2. The molecule has 0 fully saturated rings. The van der Waals surface area contributed by atoms with Crippen LogP contribution in [0.5, 0.6) is 5.75 Å². The van der Waals surface area contributed by atoms with E-state index in [1.54, 1.807) is 24.3 Å². The average molecular weight is 424 g/mol. The summed E-state index contributed by atoms with van der Waals surface area (Å²) in [6, 6.07) is 11.9. The zero-order valence-electron chi connectivity index (χ0n) is 10.5. The molecule has 107 valence electrons. The fourth-order valence-electron chi connectivity index (χ4n) is 1.39. The molecular formula is C14H9BrCrO4V. The van der Waals surface area contributed by atoms with Crippen LogP contribution < -0.4 is 0 Å². The van der Waals surface area contributed by atoms with Gasteiger partial charge < -0.3 is 9.84 Å². The fourth-order valence-corrected chi connectivity index (χ4v) is 1.65. The number of hydrogen-bond acceptors (Lipinski definition) is 4. The summed E-state index contributed by atoms with van der Waals surface area (Å²) in [6.07, 6.45) is 0. The summed E-state index contributed by atoms with van der Waals surface area (Å²) in [7, 11) is 0. The number of halogens is 1. The molecule has 2 rings (SSSR count). The number of phenols is 1. The van der Waals surface area contributed by atoms with Gasteiger partial charge in [-0.3, -0.25) is 0 Å². The number of hydrogen-bond donors (Lipinski definition) is 1. The number of ether oxygens (including phenoxy) is 1. The standard InChI is InChI=1S/C14H9BrO4.Cr.V/c15-11-5-1-9(2-6-11)13(17)19-14(18)10-3-7-12(16)8-4-10;;/h1-8,16H;;. The van der Waals surface area contributed by atoms with Crippen molar-refractivity contribution in [3.8, 4) is 5.75 Å². The third-order valence-corrected chi connectivity index (χ3v) is 2.90. The third kappa shape index (κ3) is 5.70. The summed E-state index contributed by atoms with van der Waals surface area (Å²) in [5.74, 6) is -1.44. The molecule has 0 amide bonds. The second kappa shape index (κ2) is 9.09. The maximum atomic E-state index is 11.7. The van der Waals surface area contributed by atoms with Crippen LogP contribution in [0.4, 0.5) is 0 Å². The largest absolute Gasteiger partial charge is 0.508 e. The van der Waals surface area contributed by atoms with Gasteiger partial charge in [-0.1, -0.05) is 15.9 Å². The Kier molecular flexibility index (Phi) is 8.65. The van der Waals surface area contributed by atoms with E-state index in [1.807, 2.05) is 0 Å². The smallest absolute Gasteiger partial charge is 0.346 e. The summed E-state index contributed by atoms with van der Waals surface area (Å²) >= 11 is 3.25. The minimum absolute atomic E-state index is 0. The van der Waals surface area contributed by atoms with Gasteiger partial charge in [0.2, 0.25) is 0 Å². The van der Waals surface area contributed by atoms with Crippen molar-refractivity contribution in [2.24, 2.45) is 0 Å². The average Bonchev–Trinajstić information content (AvgIpc) is 2.40. The van der Waals surface area contributed by atoms with Crippen molar-refractivity contribution in [3.05, 3.63) is 64.1 Å². The van der Waals surface area contributed by atoms with Gasteiger partial charge >= 0.3 is 11.9 Å². The first-order valence-corrected chi connectivity index (χ1v) is 6.16. The van der Waals surface area contributed by atoms with Gasteiger partial charge in [0.1, 0.15) is 5.75 Å². The molecule has 1 N–H and O–H groups in total. The molecule has 2 aromatic rings. The van der Waals surface area contributed by atoms with Gasteiger partial charge in [-0.15, -0.1) is 0 Å². The Morgan fingerprint density at radius 2 is 1.24 bits per heavy atom. The molecule has 7 heteroatoms. The molecule has 0 aliphatic rings. The van der Waals surface area contributed by atoms with Crippen molar-refractivity contribution in [2.45, 2.75) is 0 Å². The van der Waals surface area contributed by atoms with Crippen molar-refractivity contribution < 1.29 is 55.3 Å². The molecule has 0 spiro atoms. The fraction of sp³-hybridized carbons (Fsp3) is 0. The molecule has 0 aromatic heterocycles.